The van der Waals surface area contributed by atoms with Crippen LogP contribution in [0.15, 0.2) is 52.5 Å². The Labute approximate surface area is 201 Å². The lowest BCUT2D eigenvalue weighted by molar-refractivity contribution is -0.130. The van der Waals surface area contributed by atoms with Gasteiger partial charge in [0.05, 0.1) is 20.1 Å². The predicted octanol–water partition coefficient (Wildman–Crippen LogP) is 7.67. The minimum absolute atomic E-state index is 0.0116. The Morgan fingerprint density at radius 3 is 2.25 bits per heavy atom. The van der Waals surface area contributed by atoms with E-state index >= 15 is 0 Å². The molecule has 0 bridgehead atoms. The predicted molar refractivity (Wildman–Crippen MR) is 122 cm³/mol. The fraction of sp³-hybridized carbons (Fsp3) is 0.227. The first-order valence-corrected chi connectivity index (χ1v) is 10.6. The van der Waals surface area contributed by atoms with E-state index in [9.17, 15) is 23.1 Å². The molecule has 0 amide bonds. The van der Waals surface area contributed by atoms with Crippen molar-refractivity contribution < 1.29 is 32.5 Å². The van der Waals surface area contributed by atoms with Crippen molar-refractivity contribution in [2.45, 2.75) is 26.6 Å². The van der Waals surface area contributed by atoms with Crippen LogP contribution in [-0.4, -0.2) is 23.9 Å². The number of carbonyl (C=O) groups is 1. The van der Waals surface area contributed by atoms with Crippen molar-refractivity contribution in [3.63, 3.8) is 0 Å². The molecule has 0 aliphatic heterocycles. The highest BCUT2D eigenvalue weighted by Gasteiger charge is 2.31. The van der Waals surface area contributed by atoms with E-state index in [4.69, 9.17) is 32.7 Å². The van der Waals surface area contributed by atoms with Crippen LogP contribution in [0.3, 0.4) is 0 Å². The number of aliphatic carboxylic acids is 1. The van der Waals surface area contributed by atoms with E-state index in [0.29, 0.717) is 16.7 Å². The van der Waals surface area contributed by atoms with Gasteiger partial charge in [-0.2, -0.15) is 13.2 Å². The molecule has 0 spiro atoms. The average Bonchev–Trinajstić information content (AvgIpc) is 2.68. The summed E-state index contributed by atoms with van der Waals surface area (Å²) in [6.45, 7) is 3.05. The second kappa shape index (κ2) is 11.1. The lowest BCUT2D eigenvalue weighted by atomic mass is 9.97. The average molecular weight is 554 g/mol. The van der Waals surface area contributed by atoms with Gasteiger partial charge in [-0.15, -0.1) is 0 Å². The number of halogens is 6. The van der Waals surface area contributed by atoms with Crippen LogP contribution in [0.1, 0.15) is 25.0 Å². The molecule has 0 unspecified atom stereocenters. The van der Waals surface area contributed by atoms with Gasteiger partial charge in [0, 0.05) is 12.1 Å². The zero-order valence-corrected chi connectivity index (χ0v) is 20.0. The Hall–Kier alpha value is -2.16. The molecule has 0 saturated heterocycles. The molecule has 2 aromatic carbocycles. The fourth-order valence-corrected chi connectivity index (χ4v) is 3.43. The third kappa shape index (κ3) is 6.92. The Kier molecular flexibility index (Phi) is 9.07. The molecule has 4 nitrogen and oxygen atoms in total. The number of hydrogen-bond donors (Lipinski definition) is 1. The number of benzene rings is 2. The van der Waals surface area contributed by atoms with Gasteiger partial charge in [-0.3, -0.25) is 0 Å². The summed E-state index contributed by atoms with van der Waals surface area (Å²) in [5.41, 5.74) is 1.99. The van der Waals surface area contributed by atoms with E-state index in [1.165, 1.54) is 12.1 Å². The fourth-order valence-electron chi connectivity index (χ4n) is 2.72. The summed E-state index contributed by atoms with van der Waals surface area (Å²) in [5.74, 6) is -0.753. The molecule has 0 aliphatic rings. The maximum Gasteiger partial charge on any atom is 0.422 e. The van der Waals surface area contributed by atoms with Crippen LogP contribution in [-0.2, 0) is 11.4 Å². The van der Waals surface area contributed by atoms with Gasteiger partial charge in [0.25, 0.3) is 0 Å². The molecule has 1 N–H and O–H groups in total. The zero-order chi connectivity index (χ0) is 24.1. The number of rotatable bonds is 8. The smallest absolute Gasteiger partial charge is 0.422 e. The summed E-state index contributed by atoms with van der Waals surface area (Å²) in [6.07, 6.45) is -3.71. The topological polar surface area (TPSA) is 55.8 Å². The van der Waals surface area contributed by atoms with Crippen molar-refractivity contribution in [1.29, 1.82) is 0 Å². The minimum Gasteiger partial charge on any atom is -0.489 e. The van der Waals surface area contributed by atoms with Crippen LogP contribution in [0.4, 0.5) is 13.2 Å². The number of ether oxygens (including phenoxy) is 2. The number of carboxylic acids is 1. The van der Waals surface area contributed by atoms with Gasteiger partial charge in [-0.1, -0.05) is 53.0 Å². The highest BCUT2D eigenvalue weighted by atomic mass is 79.9. The summed E-state index contributed by atoms with van der Waals surface area (Å²) in [7, 11) is 0. The highest BCUT2D eigenvalue weighted by Crippen LogP contribution is 2.38. The summed E-state index contributed by atoms with van der Waals surface area (Å²) in [5, 5.41) is 9.64. The number of hydrogen-bond acceptors (Lipinski definition) is 3. The summed E-state index contributed by atoms with van der Waals surface area (Å²) < 4.78 is 47.5. The summed E-state index contributed by atoms with van der Waals surface area (Å²) in [4.78, 5) is 11.7. The van der Waals surface area contributed by atoms with Gasteiger partial charge in [-0.25, -0.2) is 4.79 Å². The van der Waals surface area contributed by atoms with Crippen molar-refractivity contribution in [2.24, 2.45) is 0 Å². The molecule has 172 valence electrons. The van der Waals surface area contributed by atoms with Crippen molar-refractivity contribution in [3.05, 3.63) is 73.7 Å². The molecule has 0 atom stereocenters. The zero-order valence-electron chi connectivity index (χ0n) is 16.9. The Bertz CT molecular complexity index is 1040. The van der Waals surface area contributed by atoms with E-state index in [2.05, 4.69) is 15.9 Å². The molecule has 32 heavy (non-hydrogen) atoms. The quantitative estimate of drug-likeness (QED) is 0.341. The lowest BCUT2D eigenvalue weighted by Crippen LogP contribution is -2.08. The van der Waals surface area contributed by atoms with Gasteiger partial charge in [-0.05, 0) is 47.0 Å². The van der Waals surface area contributed by atoms with Crippen LogP contribution < -0.4 is 9.47 Å². The number of alkyl halides is 3. The van der Waals surface area contributed by atoms with Crippen molar-refractivity contribution in [2.75, 3.05) is 6.61 Å². The second-order valence-electron chi connectivity index (χ2n) is 6.70. The third-order valence-corrected chi connectivity index (χ3v) is 5.46. The van der Waals surface area contributed by atoms with Gasteiger partial charge in [0.1, 0.15) is 19.0 Å². The maximum atomic E-state index is 12.5. The van der Waals surface area contributed by atoms with E-state index in [0.717, 1.165) is 6.08 Å². The third-order valence-electron chi connectivity index (χ3n) is 4.13. The monoisotopic (exact) mass is 552 g/mol. The summed E-state index contributed by atoms with van der Waals surface area (Å²) >= 11 is 14.7. The Balaban J connectivity index is 2.18. The molecule has 0 aromatic heterocycles. The summed E-state index contributed by atoms with van der Waals surface area (Å²) in [6, 6.07) is 9.75. The molecule has 0 aliphatic carbocycles. The van der Waals surface area contributed by atoms with E-state index < -0.39 is 23.2 Å². The molecule has 2 rings (SSSR count). The highest BCUT2D eigenvalue weighted by molar-refractivity contribution is 9.11. The standard InChI is InChI=1S/C22H18BrCl2F3O4/c1-12(2)19(21(29)30)15-6-4-3-5-13(15)11-32-14-9-16(24)20(17(25)10-14)31-8-7-18(23)22(26,27)28/h3-7,9-10H,8,11H2,1-2H3,(H,29,30)/b18-7-. The molecule has 0 radical (unpaired) electrons. The Morgan fingerprint density at radius 2 is 1.72 bits per heavy atom. The van der Waals surface area contributed by atoms with Gasteiger partial charge >= 0.3 is 12.1 Å². The van der Waals surface area contributed by atoms with E-state index in [-0.39, 0.29) is 33.7 Å². The van der Waals surface area contributed by atoms with E-state index in [1.807, 2.05) is 0 Å². The van der Waals surface area contributed by atoms with Gasteiger partial charge in [0.15, 0.2) is 5.75 Å². The number of allylic oxidation sites excluding steroid dienone is 2. The SMILES string of the molecule is CC(C)=C(C(=O)O)c1ccccc1COc1cc(Cl)c(OC/C=C(\Br)C(F)(F)F)c(Cl)c1. The molecule has 2 aromatic rings. The maximum absolute atomic E-state index is 12.5. The van der Waals surface area contributed by atoms with Gasteiger partial charge in [0.2, 0.25) is 0 Å². The van der Waals surface area contributed by atoms with Crippen LogP contribution in [0.2, 0.25) is 10.0 Å². The molecular formula is C22H18BrCl2F3O4. The molecule has 0 saturated carbocycles. The number of carboxylic acid groups (broad SMARTS) is 1. The van der Waals surface area contributed by atoms with Crippen LogP contribution in [0, 0.1) is 0 Å². The largest absolute Gasteiger partial charge is 0.489 e. The van der Waals surface area contributed by atoms with Crippen molar-refractivity contribution >= 4 is 50.7 Å². The second-order valence-corrected chi connectivity index (χ2v) is 8.37. The van der Waals surface area contributed by atoms with Crippen LogP contribution in [0.25, 0.3) is 5.57 Å². The normalized spacial score (nSPS) is 11.8. The van der Waals surface area contributed by atoms with Crippen molar-refractivity contribution in [3.8, 4) is 11.5 Å². The molecule has 0 fully saturated rings. The molecule has 10 heteroatoms. The first-order chi connectivity index (χ1) is 14.9. The molecular weight excluding hydrogens is 536 g/mol. The first-order valence-electron chi connectivity index (χ1n) is 9.08. The molecule has 0 heterocycles. The lowest BCUT2D eigenvalue weighted by Gasteiger charge is -2.15. The first kappa shape index (κ1) is 26.1. The Morgan fingerprint density at radius 1 is 1.12 bits per heavy atom. The van der Waals surface area contributed by atoms with Crippen LogP contribution in [0.5, 0.6) is 11.5 Å². The van der Waals surface area contributed by atoms with E-state index in [1.54, 1.807) is 38.1 Å². The van der Waals surface area contributed by atoms with Crippen molar-refractivity contribution in [1.82, 2.24) is 0 Å². The minimum atomic E-state index is -4.52. The van der Waals surface area contributed by atoms with Gasteiger partial charge < -0.3 is 14.6 Å². The van der Waals surface area contributed by atoms with Crippen LogP contribution >= 0.6 is 39.1 Å².